The summed E-state index contributed by atoms with van der Waals surface area (Å²) < 4.78 is 31.2. The maximum atomic E-state index is 12.5. The van der Waals surface area contributed by atoms with Gasteiger partial charge in [0, 0.05) is 18.7 Å². The number of nitrogens with zero attached hydrogens (tertiary/aromatic N) is 1. The summed E-state index contributed by atoms with van der Waals surface area (Å²) in [5.41, 5.74) is 1.12. The number of nitrogens with one attached hydrogen (secondary N) is 1. The van der Waals surface area contributed by atoms with Crippen molar-refractivity contribution in [2.75, 3.05) is 22.4 Å². The van der Waals surface area contributed by atoms with E-state index in [1.54, 1.807) is 36.4 Å². The van der Waals surface area contributed by atoms with Crippen molar-refractivity contribution in [3.05, 3.63) is 54.6 Å². The number of hydrogen-bond acceptors (Lipinski definition) is 4. The lowest BCUT2D eigenvalue weighted by atomic mass is 10.2. The van der Waals surface area contributed by atoms with E-state index in [4.69, 9.17) is 4.74 Å². The van der Waals surface area contributed by atoms with Crippen molar-refractivity contribution in [1.29, 1.82) is 0 Å². The summed E-state index contributed by atoms with van der Waals surface area (Å²) in [7, 11) is -3.45. The summed E-state index contributed by atoms with van der Waals surface area (Å²) >= 11 is 0. The second-order valence-corrected chi connectivity index (χ2v) is 7.46. The minimum Gasteiger partial charge on any atom is -0.478 e. The third-order valence-corrected chi connectivity index (χ3v) is 4.91. The van der Waals surface area contributed by atoms with Crippen LogP contribution < -0.4 is 14.4 Å². The van der Waals surface area contributed by atoms with Crippen molar-refractivity contribution < 1.29 is 17.9 Å². The first-order valence-corrected chi connectivity index (χ1v) is 9.39. The number of ether oxygens (including phenoxy) is 1. The molecule has 0 aromatic heterocycles. The number of para-hydroxylation sites is 3. The highest BCUT2D eigenvalue weighted by molar-refractivity contribution is 7.92. The fourth-order valence-corrected chi connectivity index (χ4v) is 3.55. The van der Waals surface area contributed by atoms with E-state index < -0.39 is 16.1 Å². The minimum absolute atomic E-state index is 0.183. The fraction of sp³-hybridized carbons (Fsp3) is 0.235. The van der Waals surface area contributed by atoms with Gasteiger partial charge in [0.15, 0.2) is 6.10 Å². The second-order valence-electron chi connectivity index (χ2n) is 5.55. The number of sulfonamides is 1. The highest BCUT2D eigenvalue weighted by atomic mass is 32.2. The van der Waals surface area contributed by atoms with Crippen LogP contribution in [0.5, 0.6) is 5.75 Å². The van der Waals surface area contributed by atoms with Gasteiger partial charge in [-0.2, -0.15) is 0 Å². The monoisotopic (exact) mass is 346 g/mol. The van der Waals surface area contributed by atoms with Crippen LogP contribution in [0.15, 0.2) is 54.6 Å². The number of amides is 1. The van der Waals surface area contributed by atoms with Crippen LogP contribution in [0.25, 0.3) is 0 Å². The third-order valence-electron chi connectivity index (χ3n) is 3.73. The van der Waals surface area contributed by atoms with E-state index in [2.05, 4.69) is 5.32 Å². The average Bonchev–Trinajstić information content (AvgIpc) is 2.75. The van der Waals surface area contributed by atoms with Crippen LogP contribution in [0.2, 0.25) is 0 Å². The average molecular weight is 346 g/mol. The topological polar surface area (TPSA) is 75.7 Å². The van der Waals surface area contributed by atoms with E-state index in [0.29, 0.717) is 17.1 Å². The number of carbonyl (C=O) groups is 1. The normalized spacial score (nSPS) is 17.4. The van der Waals surface area contributed by atoms with Crippen LogP contribution in [-0.2, 0) is 14.8 Å². The number of rotatable bonds is 3. The van der Waals surface area contributed by atoms with Gasteiger partial charge in [0.1, 0.15) is 5.75 Å². The molecule has 0 fully saturated rings. The molecule has 1 heterocycles. The standard InChI is InChI=1S/C17H18N2O4S/c1-24(21,22)19-12-11-16(23-15-10-6-5-9-14(15)19)17(20)18-13-7-3-2-4-8-13/h2-10,16H,11-12H2,1H3,(H,18,20)/t16-/m1/s1. The molecule has 0 radical (unpaired) electrons. The molecule has 0 unspecified atom stereocenters. The summed E-state index contributed by atoms with van der Waals surface area (Å²) in [6.07, 6.45) is 0.646. The second kappa shape index (κ2) is 6.52. The smallest absolute Gasteiger partial charge is 0.265 e. The van der Waals surface area contributed by atoms with E-state index in [9.17, 15) is 13.2 Å². The predicted molar refractivity (Wildman–Crippen MR) is 92.7 cm³/mol. The molecule has 0 aliphatic carbocycles. The maximum Gasteiger partial charge on any atom is 0.265 e. The van der Waals surface area contributed by atoms with Gasteiger partial charge in [0.25, 0.3) is 5.91 Å². The van der Waals surface area contributed by atoms with Gasteiger partial charge >= 0.3 is 0 Å². The Morgan fingerprint density at radius 3 is 2.50 bits per heavy atom. The van der Waals surface area contributed by atoms with Crippen LogP contribution in [0, 0.1) is 0 Å². The van der Waals surface area contributed by atoms with Crippen molar-refractivity contribution in [2.24, 2.45) is 0 Å². The zero-order valence-corrected chi connectivity index (χ0v) is 14.0. The molecule has 0 bridgehead atoms. The van der Waals surface area contributed by atoms with Gasteiger partial charge < -0.3 is 10.1 Å². The first-order valence-electron chi connectivity index (χ1n) is 7.54. The molecule has 0 spiro atoms. The van der Waals surface area contributed by atoms with Crippen LogP contribution in [-0.4, -0.2) is 33.2 Å². The molecule has 2 aromatic carbocycles. The Morgan fingerprint density at radius 1 is 1.12 bits per heavy atom. The molecule has 1 N–H and O–H groups in total. The third kappa shape index (κ3) is 3.51. The molecule has 2 aromatic rings. The van der Waals surface area contributed by atoms with E-state index >= 15 is 0 Å². The quantitative estimate of drug-likeness (QED) is 0.925. The number of carbonyl (C=O) groups excluding carboxylic acids is 1. The fourth-order valence-electron chi connectivity index (χ4n) is 2.60. The summed E-state index contributed by atoms with van der Waals surface area (Å²) in [6, 6.07) is 15.9. The maximum absolute atomic E-state index is 12.5. The van der Waals surface area contributed by atoms with Crippen molar-refractivity contribution in [1.82, 2.24) is 0 Å². The molecule has 1 aliphatic heterocycles. The van der Waals surface area contributed by atoms with Gasteiger partial charge in [-0.1, -0.05) is 30.3 Å². The lowest BCUT2D eigenvalue weighted by Crippen LogP contribution is -2.35. The van der Waals surface area contributed by atoms with Gasteiger partial charge in [0.05, 0.1) is 11.9 Å². The minimum atomic E-state index is -3.45. The molecule has 24 heavy (non-hydrogen) atoms. The van der Waals surface area contributed by atoms with Crippen molar-refractivity contribution >= 4 is 27.3 Å². The van der Waals surface area contributed by atoms with E-state index in [1.807, 2.05) is 18.2 Å². The lowest BCUT2D eigenvalue weighted by Gasteiger charge is -2.20. The molecule has 6 nitrogen and oxygen atoms in total. The molecule has 1 amide bonds. The Morgan fingerprint density at radius 2 is 1.79 bits per heavy atom. The van der Waals surface area contributed by atoms with Gasteiger partial charge in [-0.05, 0) is 24.3 Å². The molecule has 1 atom stereocenters. The molecule has 7 heteroatoms. The summed E-state index contributed by atoms with van der Waals surface area (Å²) in [5, 5.41) is 2.79. The first-order chi connectivity index (χ1) is 11.4. The summed E-state index contributed by atoms with van der Waals surface area (Å²) in [6.45, 7) is 0.183. The van der Waals surface area contributed by atoms with E-state index in [0.717, 1.165) is 6.26 Å². The Labute approximate surface area is 141 Å². The molecule has 126 valence electrons. The molecular formula is C17H18N2O4S. The number of benzene rings is 2. The van der Waals surface area contributed by atoms with E-state index in [1.165, 1.54) is 4.31 Å². The number of fused-ring (bicyclic) bond motifs is 1. The van der Waals surface area contributed by atoms with Gasteiger partial charge in [-0.15, -0.1) is 0 Å². The van der Waals surface area contributed by atoms with Crippen LogP contribution in [0.4, 0.5) is 11.4 Å². The Balaban J connectivity index is 1.85. The first kappa shape index (κ1) is 16.3. The Bertz CT molecular complexity index is 837. The van der Waals surface area contributed by atoms with Crippen molar-refractivity contribution in [2.45, 2.75) is 12.5 Å². The highest BCUT2D eigenvalue weighted by Gasteiger charge is 2.30. The van der Waals surface area contributed by atoms with Crippen LogP contribution in [0.1, 0.15) is 6.42 Å². The number of hydrogen-bond donors (Lipinski definition) is 1. The molecule has 3 rings (SSSR count). The Hall–Kier alpha value is -2.54. The largest absolute Gasteiger partial charge is 0.478 e. The molecular weight excluding hydrogens is 328 g/mol. The van der Waals surface area contributed by atoms with Gasteiger partial charge in [-0.3, -0.25) is 9.10 Å². The zero-order valence-electron chi connectivity index (χ0n) is 13.2. The predicted octanol–water partition coefficient (Wildman–Crippen LogP) is 2.24. The van der Waals surface area contributed by atoms with Gasteiger partial charge in [-0.25, -0.2) is 8.42 Å². The number of anilines is 2. The van der Waals surface area contributed by atoms with E-state index in [-0.39, 0.29) is 18.9 Å². The highest BCUT2D eigenvalue weighted by Crippen LogP contribution is 2.33. The van der Waals surface area contributed by atoms with Crippen molar-refractivity contribution in [3.63, 3.8) is 0 Å². The van der Waals surface area contributed by atoms with Gasteiger partial charge in [0.2, 0.25) is 10.0 Å². The zero-order chi connectivity index (χ0) is 17.2. The van der Waals surface area contributed by atoms with Crippen LogP contribution in [0.3, 0.4) is 0 Å². The summed E-state index contributed by atoms with van der Waals surface area (Å²) in [4.78, 5) is 12.5. The Kier molecular flexibility index (Phi) is 4.44. The van der Waals surface area contributed by atoms with Crippen molar-refractivity contribution in [3.8, 4) is 5.75 Å². The lowest BCUT2D eigenvalue weighted by molar-refractivity contribution is -0.122. The SMILES string of the molecule is CS(=O)(=O)N1CC[C@H](C(=O)Nc2ccccc2)Oc2ccccc21. The molecule has 1 aliphatic rings. The van der Waals surface area contributed by atoms with Crippen LogP contribution >= 0.6 is 0 Å². The summed E-state index contributed by atoms with van der Waals surface area (Å²) in [5.74, 6) is 0.0833. The molecule has 0 saturated heterocycles. The molecule has 0 saturated carbocycles.